The fourth-order valence-corrected chi connectivity index (χ4v) is 5.06. The van der Waals surface area contributed by atoms with Gasteiger partial charge in [0.15, 0.2) is 0 Å². The summed E-state index contributed by atoms with van der Waals surface area (Å²) in [4.78, 5) is 10.6. The van der Waals surface area contributed by atoms with Crippen molar-refractivity contribution >= 4 is 6.47 Å². The van der Waals surface area contributed by atoms with Gasteiger partial charge in [-0.3, -0.25) is 0 Å². The molecule has 4 fully saturated rings. The maximum Gasteiger partial charge on any atom is 0.418 e. The minimum atomic E-state index is -0.315. The van der Waals surface area contributed by atoms with Crippen LogP contribution in [0.15, 0.2) is 0 Å². The SMILES string of the molecule is CC(C)(O[C]=O)C12CC3CC(CC(C3)C1)C2. The third kappa shape index (κ3) is 1.34. The average Bonchev–Trinajstić information content (AvgIpc) is 2.14. The van der Waals surface area contributed by atoms with E-state index < -0.39 is 0 Å². The largest absolute Gasteiger partial charge is 0.451 e. The Kier molecular flexibility index (Phi) is 2.15. The summed E-state index contributed by atoms with van der Waals surface area (Å²) in [5, 5.41) is 0. The molecule has 2 nitrogen and oxygen atoms in total. The normalized spacial score (nSPS) is 45.8. The first-order valence-electron chi connectivity index (χ1n) is 6.60. The number of hydrogen-bond acceptors (Lipinski definition) is 2. The molecule has 0 aromatic rings. The number of hydrogen-bond donors (Lipinski definition) is 0. The van der Waals surface area contributed by atoms with Gasteiger partial charge >= 0.3 is 6.47 Å². The van der Waals surface area contributed by atoms with Gasteiger partial charge in [-0.15, -0.1) is 0 Å². The molecule has 16 heavy (non-hydrogen) atoms. The molecule has 0 aromatic heterocycles. The molecule has 0 aromatic carbocycles. The second kappa shape index (κ2) is 3.24. The van der Waals surface area contributed by atoms with Crippen LogP contribution >= 0.6 is 0 Å². The van der Waals surface area contributed by atoms with Crippen LogP contribution in [0, 0.1) is 23.2 Å². The second-order valence-corrected chi connectivity index (χ2v) is 6.89. The van der Waals surface area contributed by atoms with E-state index in [1.54, 1.807) is 6.47 Å². The van der Waals surface area contributed by atoms with E-state index in [0.717, 1.165) is 17.8 Å². The van der Waals surface area contributed by atoms with E-state index in [1.165, 1.54) is 38.5 Å². The van der Waals surface area contributed by atoms with E-state index >= 15 is 0 Å². The van der Waals surface area contributed by atoms with Crippen molar-refractivity contribution in [2.24, 2.45) is 23.2 Å². The fourth-order valence-electron chi connectivity index (χ4n) is 5.06. The molecule has 1 radical (unpaired) electrons. The molecule has 0 saturated heterocycles. The molecule has 0 heterocycles. The van der Waals surface area contributed by atoms with Gasteiger partial charge in [0.25, 0.3) is 0 Å². The van der Waals surface area contributed by atoms with Crippen LogP contribution in [-0.2, 0) is 9.53 Å². The smallest absolute Gasteiger partial charge is 0.418 e. The van der Waals surface area contributed by atoms with Crippen molar-refractivity contribution in [2.45, 2.75) is 58.0 Å². The summed E-state index contributed by atoms with van der Waals surface area (Å²) in [6, 6.07) is 0. The van der Waals surface area contributed by atoms with E-state index in [4.69, 9.17) is 4.74 Å². The minimum Gasteiger partial charge on any atom is -0.451 e. The summed E-state index contributed by atoms with van der Waals surface area (Å²) in [6.07, 6.45) is 8.11. The lowest BCUT2D eigenvalue weighted by molar-refractivity contribution is -0.155. The quantitative estimate of drug-likeness (QED) is 0.732. The second-order valence-electron chi connectivity index (χ2n) is 6.89. The van der Waals surface area contributed by atoms with Crippen molar-refractivity contribution in [3.05, 3.63) is 0 Å². The van der Waals surface area contributed by atoms with Crippen LogP contribution in [0.2, 0.25) is 0 Å². The zero-order chi connectivity index (χ0) is 11.4. The highest BCUT2D eigenvalue weighted by atomic mass is 16.5. The van der Waals surface area contributed by atoms with Gasteiger partial charge in [-0.05, 0) is 70.1 Å². The molecular formula is C14H21O2. The predicted octanol–water partition coefficient (Wildman–Crippen LogP) is 3.07. The third-order valence-electron chi connectivity index (χ3n) is 5.61. The highest BCUT2D eigenvalue weighted by Gasteiger charge is 2.58. The van der Waals surface area contributed by atoms with E-state index in [-0.39, 0.29) is 11.0 Å². The van der Waals surface area contributed by atoms with Gasteiger partial charge in [-0.1, -0.05) is 0 Å². The van der Waals surface area contributed by atoms with Gasteiger partial charge in [0.1, 0.15) is 5.60 Å². The molecule has 2 heteroatoms. The molecule has 0 aliphatic heterocycles. The minimum absolute atomic E-state index is 0.263. The maximum atomic E-state index is 10.6. The Labute approximate surface area is 97.7 Å². The van der Waals surface area contributed by atoms with E-state index in [1.807, 2.05) is 0 Å². The van der Waals surface area contributed by atoms with Crippen molar-refractivity contribution in [1.29, 1.82) is 0 Å². The molecule has 89 valence electrons. The van der Waals surface area contributed by atoms with E-state index in [2.05, 4.69) is 13.8 Å². The van der Waals surface area contributed by atoms with Crippen molar-refractivity contribution in [3.63, 3.8) is 0 Å². The Morgan fingerprint density at radius 2 is 1.50 bits per heavy atom. The lowest BCUT2D eigenvalue weighted by Crippen LogP contribution is -2.56. The molecule has 0 unspecified atom stereocenters. The highest BCUT2D eigenvalue weighted by Crippen LogP contribution is 2.64. The summed E-state index contributed by atoms with van der Waals surface area (Å²) in [5.41, 5.74) is -0.0517. The standard InChI is InChI=1S/C14H21O2/c1-13(2,16-9-15)14-6-10-3-11(7-14)5-12(4-10)8-14/h10-12H,3-8H2,1-2H3. The third-order valence-corrected chi connectivity index (χ3v) is 5.61. The molecule has 4 aliphatic rings. The van der Waals surface area contributed by atoms with E-state index in [0.29, 0.717) is 0 Å². The van der Waals surface area contributed by atoms with Crippen LogP contribution in [0.1, 0.15) is 52.4 Å². The molecule has 0 amide bonds. The van der Waals surface area contributed by atoms with Crippen LogP contribution in [-0.4, -0.2) is 12.1 Å². The Bertz CT molecular complexity index is 271. The summed E-state index contributed by atoms with van der Waals surface area (Å²) >= 11 is 0. The maximum absolute atomic E-state index is 10.6. The average molecular weight is 221 g/mol. The van der Waals surface area contributed by atoms with Crippen molar-refractivity contribution in [2.75, 3.05) is 0 Å². The first-order chi connectivity index (χ1) is 7.55. The fraction of sp³-hybridized carbons (Fsp3) is 0.929. The van der Waals surface area contributed by atoms with Gasteiger partial charge < -0.3 is 4.74 Å². The summed E-state index contributed by atoms with van der Waals surface area (Å²) < 4.78 is 5.31. The van der Waals surface area contributed by atoms with Crippen LogP contribution in [0.25, 0.3) is 0 Å². The summed E-state index contributed by atoms with van der Waals surface area (Å²) in [5.74, 6) is 2.71. The lowest BCUT2D eigenvalue weighted by atomic mass is 9.46. The monoisotopic (exact) mass is 221 g/mol. The van der Waals surface area contributed by atoms with Crippen molar-refractivity contribution in [3.8, 4) is 0 Å². The Balaban J connectivity index is 1.90. The molecular weight excluding hydrogens is 200 g/mol. The summed E-state index contributed by atoms with van der Waals surface area (Å²) in [7, 11) is 0. The number of rotatable bonds is 3. The lowest BCUT2D eigenvalue weighted by Gasteiger charge is -2.61. The zero-order valence-electron chi connectivity index (χ0n) is 10.3. The van der Waals surface area contributed by atoms with Gasteiger partial charge in [0.2, 0.25) is 0 Å². The zero-order valence-corrected chi connectivity index (χ0v) is 10.3. The molecule has 4 bridgehead atoms. The highest BCUT2D eigenvalue weighted by molar-refractivity contribution is 5.40. The van der Waals surface area contributed by atoms with Gasteiger partial charge in [-0.25, -0.2) is 4.79 Å². The Morgan fingerprint density at radius 1 is 1.06 bits per heavy atom. The summed E-state index contributed by atoms with van der Waals surface area (Å²) in [6.45, 7) is 5.86. The van der Waals surface area contributed by atoms with Crippen LogP contribution < -0.4 is 0 Å². The Morgan fingerprint density at radius 3 is 1.88 bits per heavy atom. The van der Waals surface area contributed by atoms with Gasteiger partial charge in [-0.2, -0.15) is 0 Å². The van der Waals surface area contributed by atoms with Crippen LogP contribution in [0.5, 0.6) is 0 Å². The van der Waals surface area contributed by atoms with E-state index in [9.17, 15) is 4.79 Å². The molecule has 4 saturated carbocycles. The number of ether oxygens (including phenoxy) is 1. The molecule has 0 atom stereocenters. The molecule has 4 aliphatic carbocycles. The van der Waals surface area contributed by atoms with Crippen molar-refractivity contribution in [1.82, 2.24) is 0 Å². The van der Waals surface area contributed by atoms with Gasteiger partial charge in [0.05, 0.1) is 0 Å². The van der Waals surface area contributed by atoms with Crippen molar-refractivity contribution < 1.29 is 9.53 Å². The predicted molar refractivity (Wildman–Crippen MR) is 61.5 cm³/mol. The first kappa shape index (κ1) is 10.6. The van der Waals surface area contributed by atoms with Crippen LogP contribution in [0.4, 0.5) is 0 Å². The van der Waals surface area contributed by atoms with Gasteiger partial charge in [0, 0.05) is 5.41 Å². The topological polar surface area (TPSA) is 26.3 Å². The first-order valence-corrected chi connectivity index (χ1v) is 6.60. The molecule has 0 spiro atoms. The number of carbonyl (C=O) groups excluding carboxylic acids is 1. The Hall–Kier alpha value is -0.530. The molecule has 0 N–H and O–H groups in total. The molecule has 4 rings (SSSR count). The van der Waals surface area contributed by atoms with Crippen LogP contribution in [0.3, 0.4) is 0 Å².